The van der Waals surface area contributed by atoms with Gasteiger partial charge in [-0.2, -0.15) is 0 Å². The highest BCUT2D eigenvalue weighted by molar-refractivity contribution is 5.74. The molecule has 4 rings (SSSR count). The lowest BCUT2D eigenvalue weighted by Gasteiger charge is -2.49. The second-order valence-corrected chi connectivity index (χ2v) is 8.51. The van der Waals surface area contributed by atoms with Gasteiger partial charge in [0.2, 0.25) is 5.91 Å². The third-order valence-corrected chi connectivity index (χ3v) is 5.93. The second-order valence-electron chi connectivity index (χ2n) is 8.51. The van der Waals surface area contributed by atoms with E-state index in [2.05, 4.69) is 5.32 Å². The number of carbonyl (C=O) groups excluding carboxylic acids is 2. The van der Waals surface area contributed by atoms with E-state index in [0.29, 0.717) is 0 Å². The first-order chi connectivity index (χ1) is 17.0. The van der Waals surface area contributed by atoms with Crippen molar-refractivity contribution in [1.82, 2.24) is 5.32 Å². The lowest BCUT2D eigenvalue weighted by atomic mass is 9.95. The van der Waals surface area contributed by atoms with Crippen LogP contribution in [0.5, 0.6) is 0 Å². The minimum absolute atomic E-state index is 0.217. The van der Waals surface area contributed by atoms with Gasteiger partial charge in [0, 0.05) is 12.5 Å². The van der Waals surface area contributed by atoms with Crippen molar-refractivity contribution in [2.75, 3.05) is 13.7 Å². The number of nitrogens with one attached hydrogen (secondary N) is 1. The van der Waals surface area contributed by atoms with E-state index in [1.807, 2.05) is 60.7 Å². The van der Waals surface area contributed by atoms with Crippen LogP contribution in [0.4, 0.5) is 0 Å². The molecule has 6 unspecified atom stereocenters. The molecule has 0 radical (unpaired) electrons. The number of ether oxygens (including phenoxy) is 6. The summed E-state index contributed by atoms with van der Waals surface area (Å²) in [5, 5.41) is 2.88. The average molecular weight is 486 g/mol. The topological polar surface area (TPSA) is 102 Å². The smallest absolute Gasteiger partial charge is 0.334 e. The van der Waals surface area contributed by atoms with Crippen LogP contribution in [0.15, 0.2) is 60.7 Å². The molecular weight excluding hydrogens is 454 g/mol. The van der Waals surface area contributed by atoms with Crippen LogP contribution >= 0.6 is 0 Å². The number of benzene rings is 2. The molecule has 9 nitrogen and oxygen atoms in total. The standard InChI is InChI=1S/C26H31NO8/c1-16(24(29)30-3)33-23-21(27-17(2)28)26(31-14-18-10-6-4-7-11-18)34-20-15-32-25(35-22(20)23)19-12-8-5-9-13-19/h4-13,16,20-23,25-26H,14-15H2,1-3H3,(H,27,28)/t16-,20?,21?,22?,23?,25?,26?/m0/s1. The Balaban J connectivity index is 1.60. The number of carbonyl (C=O) groups is 2. The monoisotopic (exact) mass is 485 g/mol. The highest BCUT2D eigenvalue weighted by Gasteiger charge is 2.52. The molecule has 0 saturated carbocycles. The molecule has 2 saturated heterocycles. The number of fused-ring (bicyclic) bond motifs is 1. The summed E-state index contributed by atoms with van der Waals surface area (Å²) in [6.45, 7) is 3.47. The SMILES string of the molecule is COC(=O)[C@H](C)OC1C(NC(C)=O)C(OCc2ccccc2)OC2COC(c3ccccc3)OC21. The van der Waals surface area contributed by atoms with E-state index in [-0.39, 0.29) is 19.1 Å². The highest BCUT2D eigenvalue weighted by Crippen LogP contribution is 2.36. The van der Waals surface area contributed by atoms with E-state index in [0.717, 1.165) is 11.1 Å². The predicted molar refractivity (Wildman–Crippen MR) is 124 cm³/mol. The third kappa shape index (κ3) is 6.25. The fourth-order valence-electron chi connectivity index (χ4n) is 4.25. The Kier molecular flexibility index (Phi) is 8.48. The maximum atomic E-state index is 12.2. The van der Waals surface area contributed by atoms with Crippen molar-refractivity contribution >= 4 is 11.9 Å². The molecule has 0 aliphatic carbocycles. The van der Waals surface area contributed by atoms with Gasteiger partial charge in [0.1, 0.15) is 24.4 Å². The van der Waals surface area contributed by atoms with Crippen LogP contribution in [0.3, 0.4) is 0 Å². The minimum Gasteiger partial charge on any atom is -0.467 e. The first kappa shape index (κ1) is 25.3. The number of esters is 1. The first-order valence-corrected chi connectivity index (χ1v) is 11.6. The highest BCUT2D eigenvalue weighted by atomic mass is 16.8. The van der Waals surface area contributed by atoms with E-state index in [1.165, 1.54) is 14.0 Å². The van der Waals surface area contributed by atoms with Crippen LogP contribution in [-0.4, -0.2) is 62.3 Å². The summed E-state index contributed by atoms with van der Waals surface area (Å²) in [6, 6.07) is 18.4. The molecule has 0 bridgehead atoms. The van der Waals surface area contributed by atoms with Crippen LogP contribution in [0.25, 0.3) is 0 Å². The van der Waals surface area contributed by atoms with Gasteiger partial charge >= 0.3 is 5.97 Å². The average Bonchev–Trinajstić information content (AvgIpc) is 2.89. The summed E-state index contributed by atoms with van der Waals surface area (Å²) in [6.07, 6.45) is -4.39. The van der Waals surface area contributed by atoms with Crippen LogP contribution in [0, 0.1) is 0 Å². The molecule has 9 heteroatoms. The number of hydrogen-bond donors (Lipinski definition) is 1. The molecular formula is C26H31NO8. The summed E-state index contributed by atoms with van der Waals surface area (Å²) in [5.74, 6) is -0.834. The number of hydrogen-bond acceptors (Lipinski definition) is 8. The second kappa shape index (κ2) is 11.7. The molecule has 2 fully saturated rings. The molecule has 0 aromatic heterocycles. The fourth-order valence-corrected chi connectivity index (χ4v) is 4.25. The van der Waals surface area contributed by atoms with Gasteiger partial charge in [-0.3, -0.25) is 4.79 Å². The first-order valence-electron chi connectivity index (χ1n) is 11.6. The zero-order valence-electron chi connectivity index (χ0n) is 20.0. The number of methoxy groups -OCH3 is 1. The zero-order valence-corrected chi connectivity index (χ0v) is 20.0. The summed E-state index contributed by atoms with van der Waals surface area (Å²) in [4.78, 5) is 24.4. The normalized spacial score (nSPS) is 29.0. The quantitative estimate of drug-likeness (QED) is 0.569. The van der Waals surface area contributed by atoms with Crippen LogP contribution in [0.1, 0.15) is 31.3 Å². The molecule has 1 N–H and O–H groups in total. The summed E-state index contributed by atoms with van der Waals surface area (Å²) < 4.78 is 35.6. The molecule has 188 valence electrons. The number of amides is 1. The van der Waals surface area contributed by atoms with Crippen molar-refractivity contribution in [2.24, 2.45) is 0 Å². The molecule has 2 aliphatic heterocycles. The Morgan fingerprint density at radius 2 is 1.74 bits per heavy atom. The Bertz CT molecular complexity index is 972. The maximum Gasteiger partial charge on any atom is 0.334 e. The zero-order chi connectivity index (χ0) is 24.8. The van der Waals surface area contributed by atoms with Gasteiger partial charge in [0.05, 0.1) is 20.3 Å². The molecule has 2 aromatic carbocycles. The van der Waals surface area contributed by atoms with Crippen LogP contribution < -0.4 is 5.32 Å². The Hall–Kier alpha value is -2.82. The van der Waals surface area contributed by atoms with E-state index >= 15 is 0 Å². The van der Waals surface area contributed by atoms with Gasteiger partial charge in [0.15, 0.2) is 18.7 Å². The number of rotatable bonds is 8. The van der Waals surface area contributed by atoms with Crippen LogP contribution in [0.2, 0.25) is 0 Å². The lowest BCUT2D eigenvalue weighted by Crippen LogP contribution is -2.68. The maximum absolute atomic E-state index is 12.2. The lowest BCUT2D eigenvalue weighted by molar-refractivity contribution is -0.352. The molecule has 2 aromatic rings. The summed E-state index contributed by atoms with van der Waals surface area (Å²) in [7, 11) is 1.29. The van der Waals surface area contributed by atoms with E-state index in [4.69, 9.17) is 28.4 Å². The van der Waals surface area contributed by atoms with Crippen molar-refractivity contribution in [2.45, 2.75) is 63.5 Å². The van der Waals surface area contributed by atoms with Crippen molar-refractivity contribution < 1.29 is 38.0 Å². The minimum atomic E-state index is -0.906. The van der Waals surface area contributed by atoms with Crippen molar-refractivity contribution in [1.29, 1.82) is 0 Å². The van der Waals surface area contributed by atoms with E-state index < -0.39 is 49.0 Å². The Morgan fingerprint density at radius 1 is 1.06 bits per heavy atom. The third-order valence-electron chi connectivity index (χ3n) is 5.93. The van der Waals surface area contributed by atoms with Crippen molar-refractivity contribution in [3.05, 3.63) is 71.8 Å². The van der Waals surface area contributed by atoms with Gasteiger partial charge in [-0.05, 0) is 12.5 Å². The Labute approximate surface area is 204 Å². The van der Waals surface area contributed by atoms with Gasteiger partial charge < -0.3 is 33.7 Å². The molecule has 2 aliphatic rings. The van der Waals surface area contributed by atoms with Gasteiger partial charge in [-0.15, -0.1) is 0 Å². The molecule has 0 spiro atoms. The molecule has 35 heavy (non-hydrogen) atoms. The molecule has 1 amide bonds. The largest absolute Gasteiger partial charge is 0.467 e. The van der Waals surface area contributed by atoms with E-state index in [1.54, 1.807) is 6.92 Å². The van der Waals surface area contributed by atoms with Crippen molar-refractivity contribution in [3.8, 4) is 0 Å². The summed E-state index contributed by atoms with van der Waals surface area (Å²) in [5.41, 5.74) is 1.78. The van der Waals surface area contributed by atoms with Gasteiger partial charge in [-0.1, -0.05) is 60.7 Å². The van der Waals surface area contributed by atoms with Crippen molar-refractivity contribution in [3.63, 3.8) is 0 Å². The van der Waals surface area contributed by atoms with Gasteiger partial charge in [-0.25, -0.2) is 4.79 Å². The predicted octanol–water partition coefficient (Wildman–Crippen LogP) is 2.49. The molecule has 2 heterocycles. The Morgan fingerprint density at radius 3 is 2.40 bits per heavy atom. The van der Waals surface area contributed by atoms with E-state index in [9.17, 15) is 9.59 Å². The summed E-state index contributed by atoms with van der Waals surface area (Å²) >= 11 is 0. The van der Waals surface area contributed by atoms with Gasteiger partial charge in [0.25, 0.3) is 0 Å². The fraction of sp³-hybridized carbons (Fsp3) is 0.462. The van der Waals surface area contributed by atoms with Crippen LogP contribution in [-0.2, 0) is 44.6 Å². The molecule has 7 atom stereocenters.